The summed E-state index contributed by atoms with van der Waals surface area (Å²) < 4.78 is 24.3. The topological polar surface area (TPSA) is 89.9 Å². The van der Waals surface area contributed by atoms with E-state index in [9.17, 15) is 14.0 Å². The maximum atomic E-state index is 13.5. The molecule has 2 amide bonds. The number of aromatic nitrogens is 1. The number of nitrogens with one attached hydrogen (secondary N) is 1. The second-order valence-corrected chi connectivity index (χ2v) is 7.88. The lowest BCUT2D eigenvalue weighted by atomic mass is 9.86. The Morgan fingerprint density at radius 1 is 1.06 bits per heavy atom. The zero-order valence-corrected chi connectivity index (χ0v) is 18.6. The normalized spacial score (nSPS) is 17.5. The fraction of sp³-hybridized carbons (Fsp3) is 0.231. The van der Waals surface area contributed by atoms with Crippen LogP contribution in [-0.4, -0.2) is 29.8 Å². The quantitative estimate of drug-likeness (QED) is 0.502. The van der Waals surface area contributed by atoms with Gasteiger partial charge in [-0.1, -0.05) is 30.3 Å². The SMILES string of the molecule is COc1ccc(CCC2=NC(=O)NC(c3cccnc3)C2C(=O)OCc2cccc(F)c2)cc1. The number of pyridine rings is 1. The molecule has 0 radical (unpaired) electrons. The lowest BCUT2D eigenvalue weighted by Crippen LogP contribution is -2.45. The van der Waals surface area contributed by atoms with Crippen LogP contribution in [0.2, 0.25) is 0 Å². The van der Waals surface area contributed by atoms with Crippen LogP contribution in [0.3, 0.4) is 0 Å². The van der Waals surface area contributed by atoms with Crippen molar-refractivity contribution in [1.82, 2.24) is 10.3 Å². The van der Waals surface area contributed by atoms with Gasteiger partial charge in [0.2, 0.25) is 0 Å². The van der Waals surface area contributed by atoms with Crippen LogP contribution in [0.5, 0.6) is 5.75 Å². The summed E-state index contributed by atoms with van der Waals surface area (Å²) in [5.74, 6) is -1.05. The van der Waals surface area contributed by atoms with E-state index in [1.807, 2.05) is 24.3 Å². The predicted molar refractivity (Wildman–Crippen MR) is 124 cm³/mol. The number of urea groups is 1. The Hall–Kier alpha value is -4.07. The van der Waals surface area contributed by atoms with Gasteiger partial charge in [0.15, 0.2) is 0 Å². The highest BCUT2D eigenvalue weighted by molar-refractivity contribution is 6.09. The second kappa shape index (κ2) is 10.7. The number of esters is 1. The highest BCUT2D eigenvalue weighted by Crippen LogP contribution is 2.30. The largest absolute Gasteiger partial charge is 0.497 e. The lowest BCUT2D eigenvalue weighted by Gasteiger charge is -2.31. The van der Waals surface area contributed by atoms with Crippen LogP contribution in [0, 0.1) is 11.7 Å². The van der Waals surface area contributed by atoms with E-state index in [4.69, 9.17) is 9.47 Å². The molecule has 1 aliphatic heterocycles. The summed E-state index contributed by atoms with van der Waals surface area (Å²) in [6, 6.07) is 15.8. The number of carbonyl (C=O) groups excluding carboxylic acids is 2. The minimum Gasteiger partial charge on any atom is -0.497 e. The Labute approximate surface area is 196 Å². The third-order valence-electron chi connectivity index (χ3n) is 5.61. The standard InChI is InChI=1S/C26H24FN3O4/c1-33-21-10-7-17(8-11-21)9-12-22-23(25(31)34-16-18-4-2-6-20(27)14-18)24(30-26(32)29-22)19-5-3-13-28-15-19/h2-8,10-11,13-15,23-24H,9,12,16H2,1H3,(H,30,32). The minimum atomic E-state index is -0.839. The zero-order chi connectivity index (χ0) is 23.9. The van der Waals surface area contributed by atoms with E-state index in [0.717, 1.165) is 11.3 Å². The number of aryl methyl sites for hydroxylation is 1. The van der Waals surface area contributed by atoms with Gasteiger partial charge in [0.25, 0.3) is 0 Å². The first kappa shape index (κ1) is 23.1. The van der Waals surface area contributed by atoms with Crippen LogP contribution in [-0.2, 0) is 22.6 Å². The molecule has 0 bridgehead atoms. The van der Waals surface area contributed by atoms with Gasteiger partial charge in [0.1, 0.15) is 24.1 Å². The lowest BCUT2D eigenvalue weighted by molar-refractivity contribution is -0.148. The van der Waals surface area contributed by atoms with Gasteiger partial charge >= 0.3 is 12.0 Å². The predicted octanol–water partition coefficient (Wildman–Crippen LogP) is 4.43. The van der Waals surface area contributed by atoms with E-state index in [1.165, 1.54) is 12.1 Å². The van der Waals surface area contributed by atoms with Crippen molar-refractivity contribution in [2.24, 2.45) is 10.9 Å². The number of amides is 2. The summed E-state index contributed by atoms with van der Waals surface area (Å²) in [7, 11) is 1.60. The van der Waals surface area contributed by atoms with Crippen LogP contribution < -0.4 is 10.1 Å². The van der Waals surface area contributed by atoms with Crippen LogP contribution in [0.4, 0.5) is 9.18 Å². The van der Waals surface area contributed by atoms with Crippen molar-refractivity contribution in [3.05, 3.63) is 95.6 Å². The summed E-state index contributed by atoms with van der Waals surface area (Å²) in [4.78, 5) is 33.9. The van der Waals surface area contributed by atoms with Crippen molar-refractivity contribution in [3.63, 3.8) is 0 Å². The van der Waals surface area contributed by atoms with Crippen molar-refractivity contribution in [2.45, 2.75) is 25.5 Å². The summed E-state index contributed by atoms with van der Waals surface area (Å²) in [6.45, 7) is -0.0907. The van der Waals surface area contributed by atoms with Gasteiger partial charge in [-0.2, -0.15) is 0 Å². The Morgan fingerprint density at radius 3 is 2.59 bits per heavy atom. The van der Waals surface area contributed by atoms with Gasteiger partial charge in [-0.15, -0.1) is 0 Å². The maximum Gasteiger partial charge on any atom is 0.341 e. The summed E-state index contributed by atoms with van der Waals surface area (Å²) in [5, 5.41) is 2.77. The molecule has 174 valence electrons. The number of benzene rings is 2. The number of aliphatic imine (C=N–C) groups is 1. The second-order valence-electron chi connectivity index (χ2n) is 7.88. The first-order valence-corrected chi connectivity index (χ1v) is 10.9. The average molecular weight is 461 g/mol. The fourth-order valence-electron chi connectivity index (χ4n) is 3.90. The summed E-state index contributed by atoms with van der Waals surface area (Å²) in [5.41, 5.74) is 2.64. The highest BCUT2D eigenvalue weighted by Gasteiger charge is 2.39. The van der Waals surface area contributed by atoms with Crippen LogP contribution in [0.25, 0.3) is 0 Å². The van der Waals surface area contributed by atoms with E-state index >= 15 is 0 Å². The molecule has 0 saturated carbocycles. The molecular weight excluding hydrogens is 437 g/mol. The van der Waals surface area contributed by atoms with Gasteiger partial charge in [0, 0.05) is 18.1 Å². The Kier molecular flexibility index (Phi) is 7.27. The number of hydrogen-bond donors (Lipinski definition) is 1. The molecule has 0 saturated heterocycles. The minimum absolute atomic E-state index is 0.0907. The van der Waals surface area contributed by atoms with Crippen LogP contribution in [0.15, 0.2) is 78.0 Å². The molecule has 2 aromatic carbocycles. The van der Waals surface area contributed by atoms with Crippen molar-refractivity contribution >= 4 is 17.7 Å². The molecule has 0 spiro atoms. The van der Waals surface area contributed by atoms with Gasteiger partial charge < -0.3 is 14.8 Å². The van der Waals surface area contributed by atoms with Gasteiger partial charge in [-0.25, -0.2) is 14.2 Å². The molecular formula is C26H24FN3O4. The highest BCUT2D eigenvalue weighted by atomic mass is 19.1. The van der Waals surface area contributed by atoms with Crippen molar-refractivity contribution < 1.29 is 23.5 Å². The summed E-state index contributed by atoms with van der Waals surface area (Å²) in [6.07, 6.45) is 4.17. The molecule has 0 aliphatic carbocycles. The third kappa shape index (κ3) is 5.64. The molecule has 1 aromatic heterocycles. The smallest absolute Gasteiger partial charge is 0.341 e. The summed E-state index contributed by atoms with van der Waals surface area (Å²) >= 11 is 0. The molecule has 3 aromatic rings. The number of halogens is 1. The molecule has 2 heterocycles. The van der Waals surface area contributed by atoms with Crippen molar-refractivity contribution in [1.29, 1.82) is 0 Å². The Bertz CT molecular complexity index is 1180. The molecule has 8 heteroatoms. The maximum absolute atomic E-state index is 13.5. The van der Waals surface area contributed by atoms with Crippen molar-refractivity contribution in [2.75, 3.05) is 7.11 Å². The van der Waals surface area contributed by atoms with Gasteiger partial charge in [0.05, 0.1) is 13.2 Å². The Morgan fingerprint density at radius 2 is 1.88 bits per heavy atom. The van der Waals surface area contributed by atoms with E-state index in [1.54, 1.807) is 43.8 Å². The monoisotopic (exact) mass is 461 g/mol. The third-order valence-corrected chi connectivity index (χ3v) is 5.61. The molecule has 1 aliphatic rings. The molecule has 34 heavy (non-hydrogen) atoms. The number of hydrogen-bond acceptors (Lipinski definition) is 5. The van der Waals surface area contributed by atoms with Crippen LogP contribution in [0.1, 0.15) is 29.2 Å². The Balaban J connectivity index is 1.57. The van der Waals surface area contributed by atoms with E-state index in [0.29, 0.717) is 29.7 Å². The molecule has 0 fully saturated rings. The zero-order valence-electron chi connectivity index (χ0n) is 18.6. The molecule has 1 N–H and O–H groups in total. The molecule has 2 unspecified atom stereocenters. The number of rotatable bonds is 8. The average Bonchev–Trinajstić information content (AvgIpc) is 2.86. The molecule has 4 rings (SSSR count). The first-order chi connectivity index (χ1) is 16.5. The number of ether oxygens (including phenoxy) is 2. The van der Waals surface area contributed by atoms with Gasteiger partial charge in [-0.3, -0.25) is 9.78 Å². The number of carbonyl (C=O) groups is 2. The molecule has 2 atom stereocenters. The van der Waals surface area contributed by atoms with Crippen LogP contribution >= 0.6 is 0 Å². The number of nitrogens with zero attached hydrogens (tertiary/aromatic N) is 2. The van der Waals surface area contributed by atoms with E-state index in [2.05, 4.69) is 15.3 Å². The number of methoxy groups -OCH3 is 1. The van der Waals surface area contributed by atoms with E-state index < -0.39 is 29.8 Å². The van der Waals surface area contributed by atoms with Crippen molar-refractivity contribution in [3.8, 4) is 5.75 Å². The fourth-order valence-corrected chi connectivity index (χ4v) is 3.90. The van der Waals surface area contributed by atoms with Gasteiger partial charge in [-0.05, 0) is 59.9 Å². The van der Waals surface area contributed by atoms with E-state index in [-0.39, 0.29) is 6.61 Å². The first-order valence-electron chi connectivity index (χ1n) is 10.9. The molecule has 7 nitrogen and oxygen atoms in total.